The highest BCUT2D eigenvalue weighted by atomic mass is 28.3. The Kier molecular flexibility index (Phi) is 9.85. The molecule has 49 heavy (non-hydrogen) atoms. The summed E-state index contributed by atoms with van der Waals surface area (Å²) in [5.41, 5.74) is 7.13. The number of nitrogens with zero attached hydrogens (tertiary/aromatic N) is 7. The van der Waals surface area contributed by atoms with Crippen LogP contribution in [0.5, 0.6) is 0 Å². The average Bonchev–Trinajstić information content (AvgIpc) is 3.76. The largest absolute Gasteiger partial charge is 0.361 e. The molecule has 0 bridgehead atoms. The molecule has 4 heterocycles. The summed E-state index contributed by atoms with van der Waals surface area (Å²) in [6.45, 7) is 16.0. The normalized spacial score (nSPS) is 12.3. The minimum atomic E-state index is -1.29. The SMILES string of the molecule is C[Si](C)(C)CCOCn1c(=O)n(COCC[Si](C)(C)C)c2cc(-c3n[nH]c4cnc(-c5ccnn5Cc5ccc(C#N)cc5)cc34)ccc21. The van der Waals surface area contributed by atoms with Gasteiger partial charge in [-0.25, -0.2) is 4.79 Å². The van der Waals surface area contributed by atoms with Gasteiger partial charge in [-0.15, -0.1) is 0 Å². The van der Waals surface area contributed by atoms with Crippen molar-refractivity contribution in [1.29, 1.82) is 5.26 Å². The van der Waals surface area contributed by atoms with E-state index in [1.165, 1.54) is 0 Å². The molecule has 0 atom stereocenters. The molecule has 0 saturated heterocycles. The summed E-state index contributed by atoms with van der Waals surface area (Å²) in [5, 5.41) is 22.4. The van der Waals surface area contributed by atoms with Crippen molar-refractivity contribution in [2.45, 2.75) is 71.4 Å². The minimum absolute atomic E-state index is 0.151. The number of aromatic nitrogens is 7. The Bertz CT molecular complexity index is 2180. The lowest BCUT2D eigenvalue weighted by Crippen LogP contribution is -2.28. The van der Waals surface area contributed by atoms with Crippen molar-refractivity contribution < 1.29 is 9.47 Å². The second-order valence-corrected chi connectivity index (χ2v) is 26.2. The topological polar surface area (TPSA) is 129 Å². The molecular formula is C36H44N8O3Si2. The van der Waals surface area contributed by atoms with E-state index in [9.17, 15) is 4.79 Å². The van der Waals surface area contributed by atoms with Crippen LogP contribution in [0.2, 0.25) is 51.4 Å². The zero-order chi connectivity index (χ0) is 34.8. The maximum absolute atomic E-state index is 13.8. The van der Waals surface area contributed by atoms with E-state index in [0.717, 1.165) is 62.2 Å². The third-order valence-electron chi connectivity index (χ3n) is 8.57. The Morgan fingerprint density at radius 1 is 0.857 bits per heavy atom. The number of benzene rings is 2. The van der Waals surface area contributed by atoms with Crippen molar-refractivity contribution in [3.05, 3.63) is 88.6 Å². The molecule has 254 valence electrons. The van der Waals surface area contributed by atoms with Crippen molar-refractivity contribution >= 4 is 38.1 Å². The van der Waals surface area contributed by atoms with Crippen LogP contribution in [0.25, 0.3) is 44.6 Å². The van der Waals surface area contributed by atoms with Gasteiger partial charge in [0.15, 0.2) is 0 Å². The Labute approximate surface area is 288 Å². The van der Waals surface area contributed by atoms with Crippen molar-refractivity contribution in [2.75, 3.05) is 13.2 Å². The number of aromatic amines is 1. The molecular weight excluding hydrogens is 649 g/mol. The molecule has 0 unspecified atom stereocenters. The highest BCUT2D eigenvalue weighted by molar-refractivity contribution is 6.76. The summed E-state index contributed by atoms with van der Waals surface area (Å²) < 4.78 is 17.4. The third-order valence-corrected chi connectivity index (χ3v) is 12.0. The second-order valence-electron chi connectivity index (χ2n) is 14.9. The standard InChI is InChI=1S/C36H44N8O3Si2/c1-48(2,3)17-15-46-24-42-33-12-11-28(19-34(33)43(36(42)45)25-47-16-18-49(4,5)6)35-29-20-30(38-22-31(29)40-41-35)32-13-14-39-44(32)23-27-9-7-26(21-37)8-10-27/h7-14,19-20,22H,15-18,23-25H2,1-6H3,(H,40,41). The predicted molar refractivity (Wildman–Crippen MR) is 199 cm³/mol. The van der Waals surface area contributed by atoms with E-state index in [4.69, 9.17) is 24.8 Å². The highest BCUT2D eigenvalue weighted by Gasteiger charge is 2.19. The first-order chi connectivity index (χ1) is 23.4. The molecule has 6 rings (SSSR count). The van der Waals surface area contributed by atoms with E-state index < -0.39 is 16.1 Å². The van der Waals surface area contributed by atoms with Crippen LogP contribution in [0.4, 0.5) is 0 Å². The van der Waals surface area contributed by atoms with Crippen LogP contribution < -0.4 is 5.69 Å². The molecule has 0 aliphatic carbocycles. The molecule has 4 aromatic heterocycles. The molecule has 0 aliphatic rings. The lowest BCUT2D eigenvalue weighted by Gasteiger charge is -2.15. The van der Waals surface area contributed by atoms with Crippen molar-refractivity contribution in [1.82, 2.24) is 34.1 Å². The summed E-state index contributed by atoms with van der Waals surface area (Å²) in [5.74, 6) is 0. The van der Waals surface area contributed by atoms with Gasteiger partial charge in [0.2, 0.25) is 0 Å². The number of hydrogen-bond acceptors (Lipinski definition) is 7. The number of H-pyrrole nitrogens is 1. The van der Waals surface area contributed by atoms with Gasteiger partial charge in [0, 0.05) is 46.5 Å². The first-order valence-electron chi connectivity index (χ1n) is 16.6. The number of rotatable bonds is 14. The maximum atomic E-state index is 13.8. The van der Waals surface area contributed by atoms with E-state index in [0.29, 0.717) is 25.3 Å². The van der Waals surface area contributed by atoms with Gasteiger partial charge in [0.1, 0.15) is 19.2 Å². The van der Waals surface area contributed by atoms with Crippen molar-refractivity contribution in [2.24, 2.45) is 0 Å². The maximum Gasteiger partial charge on any atom is 0.332 e. The predicted octanol–water partition coefficient (Wildman–Crippen LogP) is 7.15. The number of pyridine rings is 1. The number of nitriles is 1. The first kappa shape index (κ1) is 34.3. The molecule has 0 aliphatic heterocycles. The van der Waals surface area contributed by atoms with E-state index in [-0.39, 0.29) is 19.2 Å². The number of fused-ring (bicyclic) bond motifs is 2. The zero-order valence-corrected chi connectivity index (χ0v) is 31.2. The van der Waals surface area contributed by atoms with Gasteiger partial charge < -0.3 is 9.47 Å². The van der Waals surface area contributed by atoms with Gasteiger partial charge in [-0.2, -0.15) is 15.5 Å². The lowest BCUT2D eigenvalue weighted by atomic mass is 10.1. The van der Waals surface area contributed by atoms with Crippen molar-refractivity contribution in [3.63, 3.8) is 0 Å². The summed E-state index contributed by atoms with van der Waals surface area (Å²) in [6.07, 6.45) is 3.55. The fraction of sp³-hybridized carbons (Fsp3) is 0.361. The zero-order valence-electron chi connectivity index (χ0n) is 29.2. The highest BCUT2D eigenvalue weighted by Crippen LogP contribution is 2.31. The third kappa shape index (κ3) is 8.00. The Morgan fingerprint density at radius 3 is 2.18 bits per heavy atom. The lowest BCUT2D eigenvalue weighted by molar-refractivity contribution is 0.0754. The van der Waals surface area contributed by atoms with Crippen LogP contribution >= 0.6 is 0 Å². The summed E-state index contributed by atoms with van der Waals surface area (Å²) >= 11 is 0. The fourth-order valence-electron chi connectivity index (χ4n) is 5.60. The van der Waals surface area contributed by atoms with E-state index in [1.807, 2.05) is 59.3 Å². The fourth-order valence-corrected chi connectivity index (χ4v) is 7.11. The Morgan fingerprint density at radius 2 is 1.53 bits per heavy atom. The quantitative estimate of drug-likeness (QED) is 0.0949. The summed E-state index contributed by atoms with van der Waals surface area (Å²) in [4.78, 5) is 18.5. The molecule has 11 nitrogen and oxygen atoms in total. The molecule has 0 spiro atoms. The summed E-state index contributed by atoms with van der Waals surface area (Å²) in [7, 11) is -2.55. The number of hydrogen-bond donors (Lipinski definition) is 1. The van der Waals surface area contributed by atoms with Crippen LogP contribution in [0, 0.1) is 11.3 Å². The molecule has 0 fully saturated rings. The number of imidazole rings is 1. The van der Waals surface area contributed by atoms with Gasteiger partial charge >= 0.3 is 5.69 Å². The molecule has 0 amide bonds. The average molecular weight is 693 g/mol. The van der Waals surface area contributed by atoms with Crippen LogP contribution in [-0.4, -0.2) is 63.5 Å². The molecule has 0 saturated carbocycles. The van der Waals surface area contributed by atoms with Gasteiger partial charge in [0.25, 0.3) is 0 Å². The van der Waals surface area contributed by atoms with E-state index >= 15 is 0 Å². The number of ether oxygens (including phenoxy) is 2. The molecule has 6 aromatic rings. The van der Waals surface area contributed by atoms with Crippen LogP contribution in [0.15, 0.2) is 71.8 Å². The molecule has 0 radical (unpaired) electrons. The van der Waals surface area contributed by atoms with Crippen molar-refractivity contribution in [3.8, 4) is 28.7 Å². The smallest absolute Gasteiger partial charge is 0.332 e. The van der Waals surface area contributed by atoms with Gasteiger partial charge in [-0.1, -0.05) is 57.5 Å². The van der Waals surface area contributed by atoms with Gasteiger partial charge in [-0.05, 0) is 54.0 Å². The van der Waals surface area contributed by atoms with Crippen LogP contribution in [-0.2, 0) is 29.5 Å². The molecule has 13 heteroatoms. The van der Waals surface area contributed by atoms with Gasteiger partial charge in [-0.3, -0.25) is 23.9 Å². The van der Waals surface area contributed by atoms with Crippen LogP contribution in [0.1, 0.15) is 11.1 Å². The number of nitrogens with one attached hydrogen (secondary N) is 1. The molecule has 2 aromatic carbocycles. The van der Waals surface area contributed by atoms with E-state index in [2.05, 4.69) is 55.5 Å². The Hall–Kier alpha value is -4.62. The summed E-state index contributed by atoms with van der Waals surface area (Å²) in [6, 6.07) is 21.7. The first-order valence-corrected chi connectivity index (χ1v) is 24.1. The second kappa shape index (κ2) is 14.1. The van der Waals surface area contributed by atoms with Gasteiger partial charge in [0.05, 0.1) is 52.3 Å². The molecule has 1 N–H and O–H groups in total. The van der Waals surface area contributed by atoms with Crippen LogP contribution in [0.3, 0.4) is 0 Å². The minimum Gasteiger partial charge on any atom is -0.361 e. The Balaban J connectivity index is 1.33. The monoisotopic (exact) mass is 692 g/mol. The van der Waals surface area contributed by atoms with E-state index in [1.54, 1.807) is 21.5 Å².